The van der Waals surface area contributed by atoms with Crippen LogP contribution in [0.4, 0.5) is 5.69 Å². The fourth-order valence-electron chi connectivity index (χ4n) is 5.21. The van der Waals surface area contributed by atoms with Gasteiger partial charge in [0.05, 0.1) is 6.61 Å². The lowest BCUT2D eigenvalue weighted by molar-refractivity contribution is -0.116. The van der Waals surface area contributed by atoms with Gasteiger partial charge >= 0.3 is 0 Å². The zero-order chi connectivity index (χ0) is 22.5. The summed E-state index contributed by atoms with van der Waals surface area (Å²) in [5.41, 5.74) is 4.70. The van der Waals surface area contributed by atoms with Gasteiger partial charge in [0.1, 0.15) is 5.75 Å². The minimum Gasteiger partial charge on any atom is -0.493 e. The average molecular weight is 441 g/mol. The summed E-state index contributed by atoms with van der Waals surface area (Å²) >= 11 is 0. The molecule has 3 aromatic carbocycles. The van der Waals surface area contributed by atoms with Crippen molar-refractivity contribution in [1.82, 2.24) is 4.90 Å². The van der Waals surface area contributed by atoms with Crippen LogP contribution in [0.25, 0.3) is 0 Å². The molecule has 33 heavy (non-hydrogen) atoms. The highest BCUT2D eigenvalue weighted by Crippen LogP contribution is 2.38. The zero-order valence-electron chi connectivity index (χ0n) is 19.1. The minimum atomic E-state index is 0.0624. The molecule has 4 nitrogen and oxygen atoms in total. The molecule has 2 aliphatic heterocycles. The van der Waals surface area contributed by atoms with Gasteiger partial charge in [-0.2, -0.15) is 0 Å². The highest BCUT2D eigenvalue weighted by Gasteiger charge is 2.26. The Morgan fingerprint density at radius 1 is 0.879 bits per heavy atom. The maximum atomic E-state index is 12.3. The van der Waals surface area contributed by atoms with Crippen molar-refractivity contribution in [3.8, 4) is 5.75 Å². The highest BCUT2D eigenvalue weighted by molar-refractivity contribution is 5.95. The molecule has 1 N–H and O–H groups in total. The maximum absolute atomic E-state index is 12.3. The normalized spacial score (nSPS) is 19.0. The molecule has 170 valence electrons. The van der Waals surface area contributed by atoms with E-state index >= 15 is 0 Å². The number of carbonyl (C=O) groups is 1. The number of piperidine rings is 1. The second-order valence-corrected chi connectivity index (χ2v) is 9.19. The van der Waals surface area contributed by atoms with Gasteiger partial charge in [0.25, 0.3) is 0 Å². The third kappa shape index (κ3) is 5.28. The largest absolute Gasteiger partial charge is 0.493 e. The Labute approximate surface area is 196 Å². The number of hydrogen-bond acceptors (Lipinski definition) is 3. The van der Waals surface area contributed by atoms with E-state index in [-0.39, 0.29) is 11.8 Å². The molecular weight excluding hydrogens is 408 g/mol. The van der Waals surface area contributed by atoms with E-state index in [4.69, 9.17) is 4.74 Å². The zero-order valence-corrected chi connectivity index (χ0v) is 19.1. The smallest absolute Gasteiger partial charge is 0.225 e. The Kier molecular flexibility index (Phi) is 6.73. The van der Waals surface area contributed by atoms with Crippen molar-refractivity contribution in [2.24, 2.45) is 0 Å². The van der Waals surface area contributed by atoms with E-state index in [0.717, 1.165) is 43.1 Å². The molecule has 1 unspecified atom stereocenters. The van der Waals surface area contributed by atoms with Crippen molar-refractivity contribution < 1.29 is 9.53 Å². The van der Waals surface area contributed by atoms with E-state index < -0.39 is 0 Å². The molecule has 0 aliphatic carbocycles. The second-order valence-electron chi connectivity index (χ2n) is 9.19. The van der Waals surface area contributed by atoms with Crippen LogP contribution in [-0.4, -0.2) is 37.0 Å². The van der Waals surface area contributed by atoms with Gasteiger partial charge in [0.15, 0.2) is 0 Å². The summed E-state index contributed by atoms with van der Waals surface area (Å²) in [5, 5.41) is 3.03. The maximum Gasteiger partial charge on any atom is 0.225 e. The van der Waals surface area contributed by atoms with Gasteiger partial charge in [0.2, 0.25) is 5.91 Å². The van der Waals surface area contributed by atoms with Gasteiger partial charge in [-0.3, -0.25) is 4.79 Å². The first-order chi connectivity index (χ1) is 16.3. The summed E-state index contributed by atoms with van der Waals surface area (Å²) < 4.78 is 6.05. The number of fused-ring (bicyclic) bond motifs is 1. The number of carbonyl (C=O) groups excluding carboxylic acids is 1. The molecular formula is C29H32N2O2. The fourth-order valence-corrected chi connectivity index (χ4v) is 5.21. The van der Waals surface area contributed by atoms with Crippen molar-refractivity contribution in [1.29, 1.82) is 0 Å². The molecule has 1 fully saturated rings. The number of nitrogens with zero attached hydrogens (tertiary/aromatic N) is 1. The molecule has 3 aromatic rings. The van der Waals surface area contributed by atoms with E-state index in [9.17, 15) is 4.79 Å². The van der Waals surface area contributed by atoms with Gasteiger partial charge in [-0.05, 0) is 61.0 Å². The van der Waals surface area contributed by atoms with Crippen LogP contribution >= 0.6 is 0 Å². The first-order valence-electron chi connectivity index (χ1n) is 12.1. The predicted molar refractivity (Wildman–Crippen MR) is 133 cm³/mol. The van der Waals surface area contributed by atoms with Gasteiger partial charge < -0.3 is 15.0 Å². The Balaban J connectivity index is 1.11. The van der Waals surface area contributed by atoms with Crippen LogP contribution in [0.1, 0.15) is 54.2 Å². The van der Waals surface area contributed by atoms with Crippen LogP contribution in [0, 0.1) is 0 Å². The van der Waals surface area contributed by atoms with Crippen molar-refractivity contribution in [3.63, 3.8) is 0 Å². The van der Waals surface area contributed by atoms with Crippen molar-refractivity contribution in [3.05, 3.63) is 95.6 Å². The SMILES string of the molecule is O=C1CC(c2ccccc2)c2ccc(OCCCN3CCC(c4ccccc4)CC3)cc2N1. The van der Waals surface area contributed by atoms with Crippen LogP contribution in [0.15, 0.2) is 78.9 Å². The Bertz CT molecular complexity index is 1060. The van der Waals surface area contributed by atoms with E-state index in [2.05, 4.69) is 58.7 Å². The van der Waals surface area contributed by atoms with Gasteiger partial charge in [-0.1, -0.05) is 66.7 Å². The third-order valence-corrected chi connectivity index (χ3v) is 7.01. The molecule has 1 saturated heterocycles. The van der Waals surface area contributed by atoms with E-state index in [1.165, 1.54) is 24.0 Å². The van der Waals surface area contributed by atoms with E-state index in [0.29, 0.717) is 18.9 Å². The molecule has 2 heterocycles. The quantitative estimate of drug-likeness (QED) is 0.472. The van der Waals surface area contributed by atoms with Crippen molar-refractivity contribution in [2.45, 2.75) is 37.5 Å². The number of ether oxygens (including phenoxy) is 1. The van der Waals surface area contributed by atoms with E-state index in [1.54, 1.807) is 0 Å². The molecule has 4 heteroatoms. The van der Waals surface area contributed by atoms with Crippen LogP contribution < -0.4 is 10.1 Å². The third-order valence-electron chi connectivity index (χ3n) is 7.01. The first kappa shape index (κ1) is 21.7. The number of amides is 1. The first-order valence-corrected chi connectivity index (χ1v) is 12.1. The minimum absolute atomic E-state index is 0.0624. The standard InChI is InChI=1S/C29H32N2O2/c32-29-21-27(24-10-5-2-6-11-24)26-13-12-25(20-28(26)30-29)33-19-7-16-31-17-14-23(15-18-31)22-8-3-1-4-9-22/h1-6,8-13,20,23,27H,7,14-19,21H2,(H,30,32). The fraction of sp³-hybridized carbons (Fsp3) is 0.345. The molecule has 2 aliphatic rings. The molecule has 0 saturated carbocycles. The Hall–Kier alpha value is -3.11. The summed E-state index contributed by atoms with van der Waals surface area (Å²) in [6.45, 7) is 4.07. The van der Waals surface area contributed by atoms with Crippen molar-refractivity contribution in [2.75, 3.05) is 31.6 Å². The highest BCUT2D eigenvalue weighted by atomic mass is 16.5. The number of rotatable bonds is 7. The van der Waals surface area contributed by atoms with Crippen LogP contribution in [-0.2, 0) is 4.79 Å². The summed E-state index contributed by atoms with van der Waals surface area (Å²) in [4.78, 5) is 14.9. The Morgan fingerprint density at radius 3 is 2.30 bits per heavy atom. The van der Waals surface area contributed by atoms with E-state index in [1.807, 2.05) is 30.3 Å². The number of benzene rings is 3. The van der Waals surface area contributed by atoms with Crippen molar-refractivity contribution >= 4 is 11.6 Å². The molecule has 0 aromatic heterocycles. The van der Waals surface area contributed by atoms with Gasteiger partial charge in [-0.15, -0.1) is 0 Å². The molecule has 5 rings (SSSR count). The lowest BCUT2D eigenvalue weighted by atomic mass is 9.85. The lowest BCUT2D eigenvalue weighted by Gasteiger charge is -2.32. The predicted octanol–water partition coefficient (Wildman–Crippen LogP) is 5.81. The molecule has 0 bridgehead atoms. The molecule has 1 atom stereocenters. The Morgan fingerprint density at radius 2 is 1.58 bits per heavy atom. The second kappa shape index (κ2) is 10.2. The summed E-state index contributed by atoms with van der Waals surface area (Å²) in [6.07, 6.45) is 3.96. The summed E-state index contributed by atoms with van der Waals surface area (Å²) in [7, 11) is 0. The van der Waals surface area contributed by atoms with Gasteiger partial charge in [-0.25, -0.2) is 0 Å². The number of anilines is 1. The number of hydrogen-bond donors (Lipinski definition) is 1. The monoisotopic (exact) mass is 440 g/mol. The molecule has 0 spiro atoms. The van der Waals surface area contributed by atoms with Crippen LogP contribution in [0.3, 0.4) is 0 Å². The van der Waals surface area contributed by atoms with Crippen LogP contribution in [0.5, 0.6) is 5.75 Å². The molecule has 1 amide bonds. The lowest BCUT2D eigenvalue weighted by Crippen LogP contribution is -2.34. The molecule has 0 radical (unpaired) electrons. The summed E-state index contributed by atoms with van der Waals surface area (Å²) in [6, 6.07) is 27.3. The number of likely N-dealkylation sites (tertiary alicyclic amines) is 1. The van der Waals surface area contributed by atoms with Gasteiger partial charge in [0, 0.05) is 30.6 Å². The summed E-state index contributed by atoms with van der Waals surface area (Å²) in [5.74, 6) is 1.69. The number of nitrogens with one attached hydrogen (secondary N) is 1. The topological polar surface area (TPSA) is 41.6 Å². The average Bonchev–Trinajstić information content (AvgIpc) is 2.87. The van der Waals surface area contributed by atoms with Crippen LogP contribution in [0.2, 0.25) is 0 Å².